The Bertz CT molecular complexity index is 186. The first-order chi connectivity index (χ1) is 6.70. The second-order valence-corrected chi connectivity index (χ2v) is 3.50. The number of hydrogen-bond acceptors (Lipinski definition) is 2. The molecule has 0 aliphatic heterocycles. The second-order valence-electron chi connectivity index (χ2n) is 2.94. The van der Waals surface area contributed by atoms with Crippen molar-refractivity contribution in [3.63, 3.8) is 0 Å². The molecule has 2 N–H and O–H groups in total. The summed E-state index contributed by atoms with van der Waals surface area (Å²) in [5.74, 6) is -0.0975. The molecule has 0 saturated carbocycles. The van der Waals surface area contributed by atoms with Crippen molar-refractivity contribution in [2.75, 3.05) is 18.4 Å². The van der Waals surface area contributed by atoms with Gasteiger partial charge in [0.25, 0.3) is 0 Å². The molecule has 0 aromatic carbocycles. The lowest BCUT2D eigenvalue weighted by Crippen LogP contribution is -2.31. The van der Waals surface area contributed by atoms with Crippen LogP contribution < -0.4 is 10.6 Å². The number of alkyl halides is 1. The van der Waals surface area contributed by atoms with Crippen molar-refractivity contribution in [3.8, 4) is 0 Å². The van der Waals surface area contributed by atoms with E-state index in [4.69, 9.17) is 0 Å². The number of halogens is 1. The molecule has 0 saturated heterocycles. The van der Waals surface area contributed by atoms with Gasteiger partial charge in [0.05, 0.1) is 5.33 Å². The molecule has 0 spiro atoms. The Labute approximate surface area is 92.9 Å². The third-order valence-corrected chi connectivity index (χ3v) is 2.16. The molecule has 0 aromatic rings. The highest BCUT2D eigenvalue weighted by molar-refractivity contribution is 9.09. The molecule has 0 unspecified atom stereocenters. The van der Waals surface area contributed by atoms with Crippen molar-refractivity contribution in [1.29, 1.82) is 0 Å². The smallest absolute Gasteiger partial charge is 0.230 e. The lowest BCUT2D eigenvalue weighted by Gasteiger charge is -2.04. The number of amides is 2. The van der Waals surface area contributed by atoms with Crippen molar-refractivity contribution < 1.29 is 9.59 Å². The van der Waals surface area contributed by atoms with Gasteiger partial charge < -0.3 is 10.6 Å². The van der Waals surface area contributed by atoms with Gasteiger partial charge in [0.1, 0.15) is 0 Å². The van der Waals surface area contributed by atoms with Crippen LogP contribution in [0.2, 0.25) is 0 Å². The molecular formula is C9H17BrN2O2. The maximum absolute atomic E-state index is 11.1. The fourth-order valence-corrected chi connectivity index (χ4v) is 1.05. The second kappa shape index (κ2) is 8.99. The lowest BCUT2D eigenvalue weighted by molar-refractivity contribution is -0.121. The number of unbranched alkanes of at least 4 members (excludes halogenated alkanes) is 1. The third kappa shape index (κ3) is 8.04. The average molecular weight is 265 g/mol. The summed E-state index contributed by atoms with van der Waals surface area (Å²) in [7, 11) is 0. The van der Waals surface area contributed by atoms with E-state index in [-0.39, 0.29) is 17.1 Å². The lowest BCUT2D eigenvalue weighted by atomic mass is 10.3. The minimum Gasteiger partial charge on any atom is -0.356 e. The molecule has 0 aliphatic rings. The van der Waals surface area contributed by atoms with Crippen molar-refractivity contribution >= 4 is 27.7 Å². The van der Waals surface area contributed by atoms with E-state index in [1.54, 1.807) is 0 Å². The van der Waals surface area contributed by atoms with Crippen LogP contribution in [0.25, 0.3) is 0 Å². The van der Waals surface area contributed by atoms with Gasteiger partial charge in [-0.25, -0.2) is 0 Å². The highest BCUT2D eigenvalue weighted by atomic mass is 79.9. The highest BCUT2D eigenvalue weighted by Gasteiger charge is 2.01. The topological polar surface area (TPSA) is 58.2 Å². The summed E-state index contributed by atoms with van der Waals surface area (Å²) in [6, 6.07) is 0. The number of carbonyl (C=O) groups is 2. The molecule has 82 valence electrons. The minimum atomic E-state index is -0.0913. The molecule has 0 aromatic heterocycles. The van der Waals surface area contributed by atoms with Crippen LogP contribution in [0.5, 0.6) is 0 Å². The van der Waals surface area contributed by atoms with Crippen LogP contribution >= 0.6 is 15.9 Å². The van der Waals surface area contributed by atoms with Gasteiger partial charge in [-0.05, 0) is 6.42 Å². The Kier molecular flexibility index (Phi) is 8.62. The number of carbonyl (C=O) groups excluding carboxylic acids is 2. The van der Waals surface area contributed by atoms with Gasteiger partial charge in [-0.1, -0.05) is 29.3 Å². The predicted molar refractivity (Wildman–Crippen MR) is 59.3 cm³/mol. The first kappa shape index (κ1) is 13.4. The molecule has 0 atom stereocenters. The van der Waals surface area contributed by atoms with E-state index >= 15 is 0 Å². The summed E-state index contributed by atoms with van der Waals surface area (Å²) in [4.78, 5) is 21.9. The molecule has 0 bridgehead atoms. The van der Waals surface area contributed by atoms with Crippen LogP contribution in [0.4, 0.5) is 0 Å². The first-order valence-electron chi connectivity index (χ1n) is 4.80. The van der Waals surface area contributed by atoms with E-state index in [9.17, 15) is 9.59 Å². The third-order valence-electron chi connectivity index (χ3n) is 1.65. The molecule has 0 rings (SSSR count). The van der Waals surface area contributed by atoms with E-state index in [1.165, 1.54) is 0 Å². The zero-order chi connectivity index (χ0) is 10.8. The van der Waals surface area contributed by atoms with Crippen LogP contribution in [0.15, 0.2) is 0 Å². The van der Waals surface area contributed by atoms with Crippen LogP contribution in [-0.2, 0) is 9.59 Å². The van der Waals surface area contributed by atoms with Crippen molar-refractivity contribution in [2.24, 2.45) is 0 Å². The first-order valence-corrected chi connectivity index (χ1v) is 5.92. The predicted octanol–water partition coefficient (Wildman–Crippen LogP) is 0.804. The minimum absolute atomic E-state index is 0.00618. The van der Waals surface area contributed by atoms with Gasteiger partial charge in [-0.15, -0.1) is 0 Å². The molecule has 4 nitrogen and oxygen atoms in total. The zero-order valence-electron chi connectivity index (χ0n) is 8.44. The summed E-state index contributed by atoms with van der Waals surface area (Å²) in [5.41, 5.74) is 0. The van der Waals surface area contributed by atoms with E-state index < -0.39 is 0 Å². The summed E-state index contributed by atoms with van der Waals surface area (Å²) < 4.78 is 0. The Morgan fingerprint density at radius 2 is 1.79 bits per heavy atom. The summed E-state index contributed by atoms with van der Waals surface area (Å²) in [6.07, 6.45) is 2.42. The van der Waals surface area contributed by atoms with Crippen molar-refractivity contribution in [1.82, 2.24) is 10.6 Å². The largest absolute Gasteiger partial charge is 0.356 e. The molecule has 0 aliphatic carbocycles. The Morgan fingerprint density at radius 3 is 2.36 bits per heavy atom. The Hall–Kier alpha value is -0.580. The van der Waals surface area contributed by atoms with E-state index in [2.05, 4.69) is 33.5 Å². The van der Waals surface area contributed by atoms with Crippen LogP contribution in [0.3, 0.4) is 0 Å². The van der Waals surface area contributed by atoms with Crippen LogP contribution in [-0.4, -0.2) is 30.2 Å². The van der Waals surface area contributed by atoms with E-state index in [0.717, 1.165) is 19.4 Å². The molecule has 2 amide bonds. The molecule has 14 heavy (non-hydrogen) atoms. The summed E-state index contributed by atoms with van der Waals surface area (Å²) in [5, 5.41) is 5.66. The van der Waals surface area contributed by atoms with Crippen LogP contribution in [0, 0.1) is 0 Å². The summed E-state index contributed by atoms with van der Waals surface area (Å²) in [6.45, 7) is 3.20. The number of rotatable bonds is 7. The fourth-order valence-electron chi connectivity index (χ4n) is 0.856. The van der Waals surface area contributed by atoms with Gasteiger partial charge >= 0.3 is 0 Å². The van der Waals surface area contributed by atoms with Gasteiger partial charge in [-0.3, -0.25) is 9.59 Å². The monoisotopic (exact) mass is 264 g/mol. The Morgan fingerprint density at radius 1 is 1.14 bits per heavy atom. The molecule has 5 heteroatoms. The van der Waals surface area contributed by atoms with Crippen molar-refractivity contribution in [3.05, 3.63) is 0 Å². The molecule has 0 heterocycles. The standard InChI is InChI=1S/C9H17BrN2O2/c1-2-3-5-11-8(13)4-6-12-9(14)7-10/h2-7H2,1H3,(H,11,13)(H,12,14). The van der Waals surface area contributed by atoms with Gasteiger partial charge in [0, 0.05) is 19.5 Å². The zero-order valence-corrected chi connectivity index (χ0v) is 10.0. The maximum Gasteiger partial charge on any atom is 0.230 e. The van der Waals surface area contributed by atoms with Crippen molar-refractivity contribution in [2.45, 2.75) is 26.2 Å². The summed E-state index contributed by atoms with van der Waals surface area (Å²) >= 11 is 3.02. The fraction of sp³-hybridized carbons (Fsp3) is 0.778. The van der Waals surface area contributed by atoms with Gasteiger partial charge in [0.15, 0.2) is 0 Å². The van der Waals surface area contributed by atoms with E-state index in [0.29, 0.717) is 13.0 Å². The van der Waals surface area contributed by atoms with Gasteiger partial charge in [-0.2, -0.15) is 0 Å². The Balaban J connectivity index is 3.31. The highest BCUT2D eigenvalue weighted by Crippen LogP contribution is 1.85. The van der Waals surface area contributed by atoms with E-state index in [1.807, 2.05) is 0 Å². The van der Waals surface area contributed by atoms with Crippen LogP contribution in [0.1, 0.15) is 26.2 Å². The normalized spacial score (nSPS) is 9.57. The number of nitrogens with one attached hydrogen (secondary N) is 2. The maximum atomic E-state index is 11.1. The number of hydrogen-bond donors (Lipinski definition) is 2. The molecule has 0 fully saturated rings. The average Bonchev–Trinajstić information content (AvgIpc) is 2.18. The quantitative estimate of drug-likeness (QED) is 0.528. The molecule has 0 radical (unpaired) electrons. The molecular weight excluding hydrogens is 248 g/mol. The van der Waals surface area contributed by atoms with Gasteiger partial charge in [0.2, 0.25) is 11.8 Å². The SMILES string of the molecule is CCCCNC(=O)CCNC(=O)CBr.